The minimum Gasteiger partial charge on any atom is -0.481 e. The Bertz CT molecular complexity index is 338. The molecule has 1 aliphatic rings. The first-order valence-corrected chi connectivity index (χ1v) is 6.56. The third kappa shape index (κ3) is 3.59. The van der Waals surface area contributed by atoms with Crippen LogP contribution >= 0.6 is 0 Å². The summed E-state index contributed by atoms with van der Waals surface area (Å²) < 4.78 is 5.04. The van der Waals surface area contributed by atoms with Crippen molar-refractivity contribution in [2.45, 2.75) is 32.7 Å². The highest BCUT2D eigenvalue weighted by Gasteiger charge is 2.38. The molecule has 1 fully saturated rings. The van der Waals surface area contributed by atoms with Gasteiger partial charge in [-0.1, -0.05) is 0 Å². The van der Waals surface area contributed by atoms with Gasteiger partial charge in [-0.3, -0.25) is 4.79 Å². The summed E-state index contributed by atoms with van der Waals surface area (Å²) in [6.07, 6.45) is 1.00. The molecule has 0 aliphatic carbocycles. The van der Waals surface area contributed by atoms with E-state index in [4.69, 9.17) is 9.84 Å². The number of likely N-dealkylation sites (N-methyl/N-ethyl adjacent to an activating group) is 1. The van der Waals surface area contributed by atoms with E-state index < -0.39 is 11.4 Å². The molecule has 1 saturated heterocycles. The number of hydrogen-bond donors (Lipinski definition) is 1. The number of ether oxygens (including phenoxy) is 1. The lowest BCUT2D eigenvalue weighted by Gasteiger charge is -2.39. The van der Waals surface area contributed by atoms with Crippen molar-refractivity contribution in [3.63, 3.8) is 0 Å². The van der Waals surface area contributed by atoms with E-state index in [2.05, 4.69) is 0 Å². The van der Waals surface area contributed by atoms with Crippen LogP contribution in [0.3, 0.4) is 0 Å². The van der Waals surface area contributed by atoms with Gasteiger partial charge in [0.25, 0.3) is 0 Å². The van der Waals surface area contributed by atoms with E-state index in [1.165, 1.54) is 0 Å². The van der Waals surface area contributed by atoms with Crippen molar-refractivity contribution in [1.29, 1.82) is 0 Å². The van der Waals surface area contributed by atoms with Gasteiger partial charge in [0.05, 0.1) is 18.1 Å². The molecule has 1 heterocycles. The smallest absolute Gasteiger partial charge is 0.320 e. The lowest BCUT2D eigenvalue weighted by Crippen LogP contribution is -2.51. The molecule has 0 aromatic rings. The molecule has 1 aliphatic heterocycles. The number of nitrogens with zero attached hydrogens (tertiary/aromatic N) is 2. The summed E-state index contributed by atoms with van der Waals surface area (Å²) in [5, 5.41) is 9.16. The predicted molar refractivity (Wildman–Crippen MR) is 71.0 cm³/mol. The average Bonchev–Trinajstić information content (AvgIpc) is 2.38. The average molecular weight is 272 g/mol. The number of carboxylic acids is 1. The minimum absolute atomic E-state index is 0.00489. The highest BCUT2D eigenvalue weighted by atomic mass is 16.5. The minimum atomic E-state index is -0.777. The first kappa shape index (κ1) is 15.8. The van der Waals surface area contributed by atoms with Crippen molar-refractivity contribution < 1.29 is 19.4 Å². The number of rotatable bonds is 4. The number of piperidine rings is 1. The lowest BCUT2D eigenvalue weighted by atomic mass is 9.80. The van der Waals surface area contributed by atoms with Gasteiger partial charge in [0.1, 0.15) is 0 Å². The van der Waals surface area contributed by atoms with Gasteiger partial charge in [-0.05, 0) is 26.7 Å². The van der Waals surface area contributed by atoms with Crippen molar-refractivity contribution in [1.82, 2.24) is 9.80 Å². The molecular formula is C13H24N2O4. The second-order valence-electron chi connectivity index (χ2n) is 5.55. The van der Waals surface area contributed by atoms with Crippen LogP contribution < -0.4 is 0 Å². The first-order chi connectivity index (χ1) is 8.81. The third-order valence-corrected chi connectivity index (χ3v) is 4.02. The molecule has 0 spiro atoms. The fraction of sp³-hybridized carbons (Fsp3) is 0.846. The molecule has 0 aromatic heterocycles. The molecule has 110 valence electrons. The number of urea groups is 1. The number of methoxy groups -OCH3 is 1. The molecule has 0 aromatic carbocycles. The quantitative estimate of drug-likeness (QED) is 0.836. The fourth-order valence-electron chi connectivity index (χ4n) is 2.17. The van der Waals surface area contributed by atoms with Crippen molar-refractivity contribution in [2.24, 2.45) is 5.41 Å². The SMILES string of the molecule is COCC(C)N(C)C(=O)N1CCC(C)(C(=O)O)CC1. The molecule has 6 nitrogen and oxygen atoms in total. The van der Waals surface area contributed by atoms with Crippen LogP contribution in [-0.2, 0) is 9.53 Å². The molecule has 2 amide bonds. The Hall–Kier alpha value is -1.30. The summed E-state index contributed by atoms with van der Waals surface area (Å²) >= 11 is 0. The van der Waals surface area contributed by atoms with Gasteiger partial charge in [-0.25, -0.2) is 4.79 Å². The summed E-state index contributed by atoms with van der Waals surface area (Å²) in [5.74, 6) is -0.777. The summed E-state index contributed by atoms with van der Waals surface area (Å²) in [7, 11) is 3.35. The molecular weight excluding hydrogens is 248 g/mol. The maximum Gasteiger partial charge on any atom is 0.320 e. The number of carboxylic acid groups (broad SMARTS) is 1. The van der Waals surface area contributed by atoms with E-state index in [0.717, 1.165) is 0 Å². The standard InChI is InChI=1S/C13H24N2O4/c1-10(9-19-4)14(3)12(18)15-7-5-13(2,6-8-15)11(16)17/h10H,5-9H2,1-4H3,(H,16,17). The second kappa shape index (κ2) is 6.23. The van der Waals surface area contributed by atoms with Gasteiger partial charge >= 0.3 is 12.0 Å². The van der Waals surface area contributed by atoms with Crippen LogP contribution in [0.4, 0.5) is 4.79 Å². The Morgan fingerprint density at radius 1 is 1.42 bits per heavy atom. The van der Waals surface area contributed by atoms with Gasteiger partial charge in [0.2, 0.25) is 0 Å². The second-order valence-corrected chi connectivity index (χ2v) is 5.55. The maximum absolute atomic E-state index is 12.2. The van der Waals surface area contributed by atoms with Crippen molar-refractivity contribution in [3.8, 4) is 0 Å². The van der Waals surface area contributed by atoms with E-state index in [1.807, 2.05) is 6.92 Å². The predicted octanol–water partition coefficient (Wildman–Crippen LogP) is 1.26. The summed E-state index contributed by atoms with van der Waals surface area (Å²) in [6.45, 7) is 5.14. The number of aliphatic carboxylic acids is 1. The van der Waals surface area contributed by atoms with Crippen LogP contribution in [0, 0.1) is 5.41 Å². The molecule has 19 heavy (non-hydrogen) atoms. The molecule has 1 N–H and O–H groups in total. The zero-order valence-corrected chi connectivity index (χ0v) is 12.2. The summed E-state index contributed by atoms with van der Waals surface area (Å²) in [5.41, 5.74) is -0.701. The maximum atomic E-state index is 12.2. The van der Waals surface area contributed by atoms with Gasteiger partial charge in [-0.2, -0.15) is 0 Å². The van der Waals surface area contributed by atoms with Crippen molar-refractivity contribution >= 4 is 12.0 Å². The van der Waals surface area contributed by atoms with E-state index in [1.54, 1.807) is 30.9 Å². The monoisotopic (exact) mass is 272 g/mol. The Balaban J connectivity index is 2.55. The number of hydrogen-bond acceptors (Lipinski definition) is 3. The molecule has 6 heteroatoms. The van der Waals surface area contributed by atoms with Crippen LogP contribution in [0.1, 0.15) is 26.7 Å². The molecule has 0 saturated carbocycles. The van der Waals surface area contributed by atoms with Crippen LogP contribution in [0.2, 0.25) is 0 Å². The zero-order chi connectivity index (χ0) is 14.6. The molecule has 0 radical (unpaired) electrons. The van der Waals surface area contributed by atoms with Gasteiger partial charge in [-0.15, -0.1) is 0 Å². The van der Waals surface area contributed by atoms with E-state index in [9.17, 15) is 9.59 Å². The van der Waals surface area contributed by atoms with E-state index >= 15 is 0 Å². The van der Waals surface area contributed by atoms with Crippen LogP contribution in [-0.4, -0.2) is 66.8 Å². The molecule has 1 unspecified atom stereocenters. The third-order valence-electron chi connectivity index (χ3n) is 4.02. The summed E-state index contributed by atoms with van der Waals surface area (Å²) in [4.78, 5) is 26.8. The van der Waals surface area contributed by atoms with Crippen molar-refractivity contribution in [2.75, 3.05) is 33.9 Å². The van der Waals surface area contributed by atoms with Gasteiger partial charge < -0.3 is 19.6 Å². The van der Waals surface area contributed by atoms with E-state index in [0.29, 0.717) is 32.5 Å². The van der Waals surface area contributed by atoms with Gasteiger partial charge in [0.15, 0.2) is 0 Å². The topological polar surface area (TPSA) is 70.1 Å². The van der Waals surface area contributed by atoms with Crippen LogP contribution in [0.25, 0.3) is 0 Å². The van der Waals surface area contributed by atoms with E-state index in [-0.39, 0.29) is 12.1 Å². The molecule has 1 rings (SSSR count). The highest BCUT2D eigenvalue weighted by Crippen LogP contribution is 2.31. The Morgan fingerprint density at radius 3 is 2.37 bits per heavy atom. The number of carbonyl (C=O) groups excluding carboxylic acids is 1. The van der Waals surface area contributed by atoms with Crippen LogP contribution in [0.15, 0.2) is 0 Å². The summed E-state index contributed by atoms with van der Waals surface area (Å²) in [6, 6.07) is -0.0535. The normalized spacial score (nSPS) is 19.9. The Labute approximate surface area is 114 Å². The van der Waals surface area contributed by atoms with Crippen molar-refractivity contribution in [3.05, 3.63) is 0 Å². The zero-order valence-electron chi connectivity index (χ0n) is 12.2. The molecule has 0 bridgehead atoms. The number of carbonyl (C=O) groups is 2. The Morgan fingerprint density at radius 2 is 1.95 bits per heavy atom. The largest absolute Gasteiger partial charge is 0.481 e. The van der Waals surface area contributed by atoms with Gasteiger partial charge in [0, 0.05) is 27.2 Å². The fourth-order valence-corrected chi connectivity index (χ4v) is 2.17. The Kier molecular flexibility index (Phi) is 5.17. The molecule has 1 atom stereocenters. The lowest BCUT2D eigenvalue weighted by molar-refractivity contribution is -0.150. The highest BCUT2D eigenvalue weighted by molar-refractivity contribution is 5.77. The van der Waals surface area contributed by atoms with Crippen LogP contribution in [0.5, 0.6) is 0 Å². The number of amides is 2. The first-order valence-electron chi connectivity index (χ1n) is 6.56. The number of likely N-dealkylation sites (tertiary alicyclic amines) is 1.